The molecule has 2 nitrogen and oxygen atoms in total. The average molecular weight is 240 g/mol. The van der Waals surface area contributed by atoms with Crippen molar-refractivity contribution in [1.29, 1.82) is 0 Å². The van der Waals surface area contributed by atoms with Crippen molar-refractivity contribution in [3.63, 3.8) is 0 Å². The van der Waals surface area contributed by atoms with Gasteiger partial charge in [0.2, 0.25) is 0 Å². The van der Waals surface area contributed by atoms with Crippen LogP contribution < -0.4 is 0 Å². The third-order valence-corrected chi connectivity index (χ3v) is 2.94. The van der Waals surface area contributed by atoms with Gasteiger partial charge in [-0.3, -0.25) is 4.79 Å². The molecule has 0 spiro atoms. The van der Waals surface area contributed by atoms with Crippen LogP contribution in [0.25, 0.3) is 0 Å². The summed E-state index contributed by atoms with van der Waals surface area (Å²) in [7, 11) is 0. The fourth-order valence-corrected chi connectivity index (χ4v) is 2.03. The third kappa shape index (κ3) is 3.33. The van der Waals surface area contributed by atoms with E-state index in [2.05, 4.69) is 0 Å². The summed E-state index contributed by atoms with van der Waals surface area (Å²) in [6, 6.07) is 3.18. The molecular formula is C13H14F2O2. The van der Waals surface area contributed by atoms with Gasteiger partial charge >= 0.3 is 0 Å². The average Bonchev–Trinajstić information content (AvgIpc) is 2.76. The van der Waals surface area contributed by atoms with E-state index in [9.17, 15) is 13.6 Å². The zero-order valence-electron chi connectivity index (χ0n) is 9.42. The lowest BCUT2D eigenvalue weighted by molar-refractivity contribution is -0.119. The molecule has 1 fully saturated rings. The summed E-state index contributed by atoms with van der Waals surface area (Å²) in [5, 5.41) is 0. The molecule has 1 heterocycles. The fourth-order valence-electron chi connectivity index (χ4n) is 2.03. The molecule has 0 amide bonds. The summed E-state index contributed by atoms with van der Waals surface area (Å²) in [6.07, 6.45) is 1.22. The predicted molar refractivity (Wildman–Crippen MR) is 58.6 cm³/mol. The van der Waals surface area contributed by atoms with Crippen LogP contribution in [0.3, 0.4) is 0 Å². The zero-order chi connectivity index (χ0) is 12.3. The molecular weight excluding hydrogens is 226 g/mol. The Morgan fingerprint density at radius 1 is 1.41 bits per heavy atom. The first-order chi connectivity index (χ1) is 8.15. The highest BCUT2D eigenvalue weighted by atomic mass is 19.1. The van der Waals surface area contributed by atoms with E-state index in [-0.39, 0.29) is 23.7 Å². The Balaban J connectivity index is 1.95. The van der Waals surface area contributed by atoms with Crippen molar-refractivity contribution in [2.24, 2.45) is 5.92 Å². The van der Waals surface area contributed by atoms with Gasteiger partial charge in [0.25, 0.3) is 0 Å². The molecule has 17 heavy (non-hydrogen) atoms. The molecule has 1 saturated heterocycles. The fraction of sp³-hybridized carbons (Fsp3) is 0.462. The molecule has 2 rings (SSSR count). The summed E-state index contributed by atoms with van der Waals surface area (Å²) in [5.74, 6) is -0.870. The first-order valence-electron chi connectivity index (χ1n) is 5.68. The number of rotatable bonds is 4. The number of Topliss-reactive ketones (excluding diaryl/α,β-unsaturated/α-hetero) is 1. The predicted octanol–water partition coefficient (Wildman–Crippen LogP) is 2.50. The molecule has 1 unspecified atom stereocenters. The molecule has 4 heteroatoms. The number of benzene rings is 1. The molecule has 92 valence electrons. The summed E-state index contributed by atoms with van der Waals surface area (Å²) in [4.78, 5) is 11.7. The van der Waals surface area contributed by atoms with Gasteiger partial charge in [0.15, 0.2) is 0 Å². The molecule has 0 aliphatic carbocycles. The van der Waals surface area contributed by atoms with Crippen molar-refractivity contribution < 1.29 is 18.3 Å². The van der Waals surface area contributed by atoms with E-state index in [1.807, 2.05) is 0 Å². The molecule has 1 aliphatic heterocycles. The lowest BCUT2D eigenvalue weighted by Crippen LogP contribution is -2.11. The van der Waals surface area contributed by atoms with E-state index in [4.69, 9.17) is 4.74 Å². The smallest absolute Gasteiger partial charge is 0.137 e. The van der Waals surface area contributed by atoms with Gasteiger partial charge in [0.1, 0.15) is 17.4 Å². The Morgan fingerprint density at radius 3 is 2.94 bits per heavy atom. The lowest BCUT2D eigenvalue weighted by atomic mass is 9.97. The highest BCUT2D eigenvalue weighted by Gasteiger charge is 2.19. The van der Waals surface area contributed by atoms with Crippen molar-refractivity contribution in [3.05, 3.63) is 35.4 Å². The monoisotopic (exact) mass is 240 g/mol. The first kappa shape index (κ1) is 12.2. The Kier molecular flexibility index (Phi) is 3.84. The van der Waals surface area contributed by atoms with E-state index < -0.39 is 11.6 Å². The second-order valence-corrected chi connectivity index (χ2v) is 4.38. The summed E-state index contributed by atoms with van der Waals surface area (Å²) in [5.41, 5.74) is 0.133. The normalized spacial score (nSPS) is 19.5. The highest BCUT2D eigenvalue weighted by Crippen LogP contribution is 2.18. The van der Waals surface area contributed by atoms with Crippen LogP contribution in [0.5, 0.6) is 0 Å². The number of ketones is 1. The minimum absolute atomic E-state index is 0.0416. The maximum Gasteiger partial charge on any atom is 0.137 e. The minimum atomic E-state index is -0.526. The van der Waals surface area contributed by atoms with Gasteiger partial charge in [-0.05, 0) is 36.1 Å². The van der Waals surface area contributed by atoms with E-state index in [1.165, 1.54) is 0 Å². The minimum Gasteiger partial charge on any atom is -0.381 e. The Morgan fingerprint density at radius 2 is 2.24 bits per heavy atom. The summed E-state index contributed by atoms with van der Waals surface area (Å²) < 4.78 is 31.4. The maximum atomic E-state index is 13.3. The van der Waals surface area contributed by atoms with Gasteiger partial charge in [0, 0.05) is 26.1 Å². The van der Waals surface area contributed by atoms with Crippen LogP contribution in [0.1, 0.15) is 18.4 Å². The molecule has 0 aromatic heterocycles. The van der Waals surface area contributed by atoms with Crippen molar-refractivity contribution >= 4 is 5.78 Å². The van der Waals surface area contributed by atoms with Crippen molar-refractivity contribution in [1.82, 2.24) is 0 Å². The van der Waals surface area contributed by atoms with Gasteiger partial charge < -0.3 is 4.74 Å². The van der Waals surface area contributed by atoms with E-state index >= 15 is 0 Å². The van der Waals surface area contributed by atoms with Crippen LogP contribution >= 0.6 is 0 Å². The SMILES string of the molecule is O=C(Cc1cc(F)ccc1F)CC1CCOC1. The molecule has 0 N–H and O–H groups in total. The number of ether oxygens (including phenoxy) is 1. The van der Waals surface area contributed by atoms with Crippen LogP contribution in [-0.2, 0) is 16.0 Å². The third-order valence-electron chi connectivity index (χ3n) is 2.94. The molecule has 1 aromatic carbocycles. The maximum absolute atomic E-state index is 13.3. The second-order valence-electron chi connectivity index (χ2n) is 4.38. The van der Waals surface area contributed by atoms with Gasteiger partial charge in [-0.2, -0.15) is 0 Å². The summed E-state index contributed by atoms with van der Waals surface area (Å²) in [6.45, 7) is 1.28. The number of halogens is 2. The quantitative estimate of drug-likeness (QED) is 0.808. The first-order valence-corrected chi connectivity index (χ1v) is 5.68. The van der Waals surface area contributed by atoms with Crippen molar-refractivity contribution in [3.8, 4) is 0 Å². The molecule has 1 aromatic rings. The second kappa shape index (κ2) is 5.36. The van der Waals surface area contributed by atoms with E-state index in [0.717, 1.165) is 24.6 Å². The Bertz CT molecular complexity index is 412. The van der Waals surface area contributed by atoms with Crippen LogP contribution in [0.2, 0.25) is 0 Å². The molecule has 0 bridgehead atoms. The Hall–Kier alpha value is -1.29. The highest BCUT2D eigenvalue weighted by molar-refractivity contribution is 5.81. The van der Waals surface area contributed by atoms with E-state index in [0.29, 0.717) is 19.6 Å². The number of carbonyl (C=O) groups excluding carboxylic acids is 1. The largest absolute Gasteiger partial charge is 0.381 e. The standard InChI is InChI=1S/C13H14F2O2/c14-11-1-2-13(15)10(6-11)7-12(16)5-9-3-4-17-8-9/h1-2,6,9H,3-5,7-8H2. The van der Waals surface area contributed by atoms with E-state index in [1.54, 1.807) is 0 Å². The molecule has 1 aliphatic rings. The van der Waals surface area contributed by atoms with Crippen molar-refractivity contribution in [2.45, 2.75) is 19.3 Å². The van der Waals surface area contributed by atoms with Crippen LogP contribution in [0.4, 0.5) is 8.78 Å². The van der Waals surface area contributed by atoms with Gasteiger partial charge in [0.05, 0.1) is 0 Å². The van der Waals surface area contributed by atoms with Crippen LogP contribution in [0.15, 0.2) is 18.2 Å². The lowest BCUT2D eigenvalue weighted by Gasteiger charge is -2.07. The van der Waals surface area contributed by atoms with Crippen molar-refractivity contribution in [2.75, 3.05) is 13.2 Å². The number of hydrogen-bond donors (Lipinski definition) is 0. The number of carbonyl (C=O) groups is 1. The van der Waals surface area contributed by atoms with Crippen LogP contribution in [0, 0.1) is 17.6 Å². The Labute approximate surface area is 98.6 Å². The topological polar surface area (TPSA) is 26.3 Å². The molecule has 0 saturated carbocycles. The summed E-state index contributed by atoms with van der Waals surface area (Å²) >= 11 is 0. The van der Waals surface area contributed by atoms with Gasteiger partial charge in [-0.15, -0.1) is 0 Å². The van der Waals surface area contributed by atoms with Gasteiger partial charge in [-0.25, -0.2) is 8.78 Å². The molecule has 1 atom stereocenters. The van der Waals surface area contributed by atoms with Crippen LogP contribution in [-0.4, -0.2) is 19.0 Å². The number of hydrogen-bond acceptors (Lipinski definition) is 2. The molecule has 0 radical (unpaired) electrons. The zero-order valence-corrected chi connectivity index (χ0v) is 9.42. The van der Waals surface area contributed by atoms with Gasteiger partial charge in [-0.1, -0.05) is 0 Å².